The van der Waals surface area contributed by atoms with Gasteiger partial charge in [0, 0.05) is 5.02 Å². The molecular formula is C13H17ClN2O2. The Morgan fingerprint density at radius 3 is 2.78 bits per heavy atom. The third-order valence-electron chi connectivity index (χ3n) is 3.12. The molecule has 1 fully saturated rings. The number of phenols is 1. The molecule has 5 heteroatoms. The Labute approximate surface area is 112 Å². The lowest BCUT2D eigenvalue weighted by atomic mass is 10.1. The van der Waals surface area contributed by atoms with E-state index < -0.39 is 0 Å². The van der Waals surface area contributed by atoms with Gasteiger partial charge in [-0.25, -0.2) is 0 Å². The molecule has 1 aromatic rings. The van der Waals surface area contributed by atoms with Crippen LogP contribution < -0.4 is 5.32 Å². The molecule has 98 valence electrons. The van der Waals surface area contributed by atoms with Gasteiger partial charge in [-0.15, -0.1) is 0 Å². The minimum atomic E-state index is -0.291. The predicted molar refractivity (Wildman–Crippen MR) is 70.9 cm³/mol. The first-order valence-electron chi connectivity index (χ1n) is 6.16. The van der Waals surface area contributed by atoms with E-state index in [4.69, 9.17) is 11.6 Å². The maximum atomic E-state index is 11.9. The molecule has 1 aliphatic heterocycles. The summed E-state index contributed by atoms with van der Waals surface area (Å²) >= 11 is 5.81. The molecule has 0 unspecified atom stereocenters. The van der Waals surface area contributed by atoms with Crippen molar-refractivity contribution in [1.29, 1.82) is 0 Å². The Morgan fingerprint density at radius 1 is 1.33 bits per heavy atom. The van der Waals surface area contributed by atoms with Gasteiger partial charge in [-0.2, -0.15) is 0 Å². The molecule has 1 aromatic carbocycles. The van der Waals surface area contributed by atoms with Crippen LogP contribution in [-0.4, -0.2) is 35.7 Å². The van der Waals surface area contributed by atoms with Crippen LogP contribution in [0.15, 0.2) is 18.2 Å². The summed E-state index contributed by atoms with van der Waals surface area (Å²) in [5.41, 5.74) is 0.222. The molecule has 0 bridgehead atoms. The first kappa shape index (κ1) is 13.2. The van der Waals surface area contributed by atoms with Crippen molar-refractivity contribution in [3.05, 3.63) is 28.8 Å². The van der Waals surface area contributed by atoms with Crippen LogP contribution in [-0.2, 0) is 0 Å². The Kier molecular flexibility index (Phi) is 4.44. The number of amides is 1. The average Bonchev–Trinajstić information content (AvgIpc) is 2.40. The largest absolute Gasteiger partial charge is 0.507 e. The molecule has 4 nitrogen and oxygen atoms in total. The van der Waals surface area contributed by atoms with Gasteiger partial charge in [-0.3, -0.25) is 9.69 Å². The second-order valence-corrected chi connectivity index (χ2v) is 4.94. The maximum absolute atomic E-state index is 11.9. The average molecular weight is 269 g/mol. The van der Waals surface area contributed by atoms with Crippen LogP contribution in [0.3, 0.4) is 0 Å². The number of nitrogens with zero attached hydrogens (tertiary/aromatic N) is 1. The molecule has 0 radical (unpaired) electrons. The minimum Gasteiger partial charge on any atom is -0.507 e. The van der Waals surface area contributed by atoms with Crippen molar-refractivity contribution in [2.24, 2.45) is 0 Å². The van der Waals surface area contributed by atoms with E-state index in [9.17, 15) is 9.90 Å². The molecule has 0 spiro atoms. The molecule has 1 heterocycles. The first-order valence-corrected chi connectivity index (χ1v) is 6.53. The van der Waals surface area contributed by atoms with E-state index in [0.29, 0.717) is 11.7 Å². The normalized spacial score (nSPS) is 16.5. The Balaban J connectivity index is 1.92. The second kappa shape index (κ2) is 6.07. The number of piperidine rings is 1. The van der Waals surface area contributed by atoms with E-state index in [-0.39, 0.29) is 17.2 Å². The number of hydrogen-bond donors (Lipinski definition) is 2. The van der Waals surface area contributed by atoms with Crippen molar-refractivity contribution in [3.8, 4) is 5.75 Å². The molecule has 1 amide bonds. The third kappa shape index (κ3) is 3.37. The number of carbonyl (C=O) groups is 1. The number of likely N-dealkylation sites (tertiary alicyclic amines) is 1. The van der Waals surface area contributed by atoms with Crippen LogP contribution >= 0.6 is 11.6 Å². The van der Waals surface area contributed by atoms with E-state index >= 15 is 0 Å². The monoisotopic (exact) mass is 268 g/mol. The van der Waals surface area contributed by atoms with Gasteiger partial charge in [0.25, 0.3) is 5.91 Å². The highest BCUT2D eigenvalue weighted by Gasteiger charge is 2.14. The highest BCUT2D eigenvalue weighted by molar-refractivity contribution is 6.31. The quantitative estimate of drug-likeness (QED) is 0.884. The van der Waals surface area contributed by atoms with Crippen LogP contribution in [0.25, 0.3) is 0 Å². The molecule has 0 aromatic heterocycles. The van der Waals surface area contributed by atoms with E-state index in [1.165, 1.54) is 31.4 Å². The van der Waals surface area contributed by atoms with Crippen molar-refractivity contribution in [1.82, 2.24) is 10.2 Å². The predicted octanol–water partition coefficient (Wildman–Crippen LogP) is 2.22. The summed E-state index contributed by atoms with van der Waals surface area (Å²) in [4.78, 5) is 14.1. The number of rotatable bonds is 3. The van der Waals surface area contributed by atoms with Crippen LogP contribution in [0.5, 0.6) is 5.75 Å². The number of carbonyl (C=O) groups excluding carboxylic acids is 1. The Hall–Kier alpha value is -1.26. The SMILES string of the molecule is O=C(NCN1CCCCC1)c1cc(Cl)ccc1O. The van der Waals surface area contributed by atoms with E-state index in [0.717, 1.165) is 13.1 Å². The minimum absolute atomic E-state index is 0.0458. The van der Waals surface area contributed by atoms with Crippen molar-refractivity contribution >= 4 is 17.5 Å². The highest BCUT2D eigenvalue weighted by atomic mass is 35.5. The standard InChI is InChI=1S/C13H17ClN2O2/c14-10-4-5-12(17)11(8-10)13(18)15-9-16-6-2-1-3-7-16/h4-5,8,17H,1-3,6-7,9H2,(H,15,18). The van der Waals surface area contributed by atoms with Crippen LogP contribution in [0.1, 0.15) is 29.6 Å². The van der Waals surface area contributed by atoms with E-state index in [2.05, 4.69) is 10.2 Å². The van der Waals surface area contributed by atoms with Gasteiger partial charge in [0.2, 0.25) is 0 Å². The van der Waals surface area contributed by atoms with Gasteiger partial charge < -0.3 is 10.4 Å². The summed E-state index contributed by atoms with van der Waals surface area (Å²) in [6, 6.07) is 4.46. The zero-order chi connectivity index (χ0) is 13.0. The summed E-state index contributed by atoms with van der Waals surface area (Å²) < 4.78 is 0. The summed E-state index contributed by atoms with van der Waals surface area (Å²) in [6.45, 7) is 2.55. The topological polar surface area (TPSA) is 52.6 Å². The lowest BCUT2D eigenvalue weighted by Crippen LogP contribution is -2.40. The van der Waals surface area contributed by atoms with Gasteiger partial charge in [0.1, 0.15) is 5.75 Å². The van der Waals surface area contributed by atoms with Gasteiger partial charge >= 0.3 is 0 Å². The zero-order valence-electron chi connectivity index (χ0n) is 10.2. The molecular weight excluding hydrogens is 252 g/mol. The van der Waals surface area contributed by atoms with Crippen LogP contribution in [0.4, 0.5) is 0 Å². The number of halogens is 1. The number of benzene rings is 1. The van der Waals surface area contributed by atoms with Crippen molar-refractivity contribution in [2.75, 3.05) is 19.8 Å². The Morgan fingerprint density at radius 2 is 2.06 bits per heavy atom. The van der Waals surface area contributed by atoms with Crippen molar-refractivity contribution in [3.63, 3.8) is 0 Å². The van der Waals surface area contributed by atoms with E-state index in [1.807, 2.05) is 0 Å². The number of hydrogen-bond acceptors (Lipinski definition) is 3. The van der Waals surface area contributed by atoms with Crippen LogP contribution in [0, 0.1) is 0 Å². The summed E-state index contributed by atoms with van der Waals surface area (Å²) in [7, 11) is 0. The summed E-state index contributed by atoms with van der Waals surface area (Å²) in [6.07, 6.45) is 3.62. The molecule has 1 saturated heterocycles. The summed E-state index contributed by atoms with van der Waals surface area (Å²) in [5.74, 6) is -0.337. The van der Waals surface area contributed by atoms with Gasteiger partial charge in [-0.1, -0.05) is 18.0 Å². The van der Waals surface area contributed by atoms with Gasteiger partial charge in [-0.05, 0) is 44.1 Å². The number of aromatic hydroxyl groups is 1. The molecule has 1 aliphatic rings. The third-order valence-corrected chi connectivity index (χ3v) is 3.35. The fraction of sp³-hybridized carbons (Fsp3) is 0.462. The Bertz CT molecular complexity index is 431. The molecule has 2 N–H and O–H groups in total. The summed E-state index contributed by atoms with van der Waals surface area (Å²) in [5, 5.41) is 12.9. The number of nitrogens with one attached hydrogen (secondary N) is 1. The van der Waals surface area contributed by atoms with Crippen molar-refractivity contribution in [2.45, 2.75) is 19.3 Å². The lowest BCUT2D eigenvalue weighted by Gasteiger charge is -2.26. The molecule has 0 aliphatic carbocycles. The van der Waals surface area contributed by atoms with E-state index in [1.54, 1.807) is 6.07 Å². The maximum Gasteiger partial charge on any atom is 0.256 e. The molecule has 0 saturated carbocycles. The fourth-order valence-corrected chi connectivity index (χ4v) is 2.26. The van der Waals surface area contributed by atoms with Crippen LogP contribution in [0.2, 0.25) is 5.02 Å². The second-order valence-electron chi connectivity index (χ2n) is 4.50. The zero-order valence-corrected chi connectivity index (χ0v) is 10.9. The van der Waals surface area contributed by atoms with Crippen molar-refractivity contribution < 1.29 is 9.90 Å². The lowest BCUT2D eigenvalue weighted by molar-refractivity contribution is 0.0911. The first-order chi connectivity index (χ1) is 8.66. The van der Waals surface area contributed by atoms with Gasteiger partial charge in [0.05, 0.1) is 12.2 Å². The smallest absolute Gasteiger partial charge is 0.256 e. The molecule has 18 heavy (non-hydrogen) atoms. The molecule has 2 rings (SSSR count). The van der Waals surface area contributed by atoms with Gasteiger partial charge in [0.15, 0.2) is 0 Å². The fourth-order valence-electron chi connectivity index (χ4n) is 2.09. The molecule has 0 atom stereocenters. The highest BCUT2D eigenvalue weighted by Crippen LogP contribution is 2.21. The number of phenolic OH excluding ortho intramolecular Hbond substituents is 1.